The fraction of sp³-hybridized carbons (Fsp3) is 0.500. The van der Waals surface area contributed by atoms with Crippen LogP contribution in [0.5, 0.6) is 5.75 Å². The molecule has 126 valence electrons. The monoisotopic (exact) mass is 327 g/mol. The largest absolute Gasteiger partial charge is 0.488 e. The van der Waals surface area contributed by atoms with Gasteiger partial charge >= 0.3 is 6.09 Å². The summed E-state index contributed by atoms with van der Waals surface area (Å²) in [6.07, 6.45) is -0.186. The number of hydrogen-bond donors (Lipinski definition) is 0. The Bertz CT molecular complexity index is 600. The molecule has 0 radical (unpaired) electrons. The third-order valence-corrected chi connectivity index (χ3v) is 3.28. The van der Waals surface area contributed by atoms with E-state index in [0.717, 1.165) is 12.1 Å². The Morgan fingerprint density at radius 2 is 2.00 bits per heavy atom. The molecule has 1 aromatic carbocycles. The minimum absolute atomic E-state index is 0.136. The molecule has 0 aliphatic carbocycles. The van der Waals surface area contributed by atoms with Crippen molar-refractivity contribution in [2.75, 3.05) is 6.54 Å². The van der Waals surface area contributed by atoms with Crippen LogP contribution >= 0.6 is 0 Å². The van der Waals surface area contributed by atoms with Gasteiger partial charge in [-0.15, -0.1) is 0 Å². The Morgan fingerprint density at radius 3 is 2.57 bits per heavy atom. The summed E-state index contributed by atoms with van der Waals surface area (Å²) in [6.45, 7) is 5.32. The minimum Gasteiger partial charge on any atom is -0.488 e. The van der Waals surface area contributed by atoms with Crippen LogP contribution in [0.15, 0.2) is 18.2 Å². The van der Waals surface area contributed by atoms with Crippen molar-refractivity contribution >= 4 is 12.4 Å². The number of halogens is 2. The highest BCUT2D eigenvalue weighted by molar-refractivity contribution is 5.74. The van der Waals surface area contributed by atoms with Crippen LogP contribution in [0.25, 0.3) is 0 Å². The van der Waals surface area contributed by atoms with Gasteiger partial charge in [0.1, 0.15) is 23.7 Å². The van der Waals surface area contributed by atoms with E-state index in [1.54, 1.807) is 20.8 Å². The predicted octanol–water partition coefficient (Wildman–Crippen LogP) is 2.92. The van der Waals surface area contributed by atoms with Crippen molar-refractivity contribution in [2.24, 2.45) is 0 Å². The van der Waals surface area contributed by atoms with Crippen LogP contribution in [0, 0.1) is 11.6 Å². The van der Waals surface area contributed by atoms with Crippen molar-refractivity contribution in [3.05, 3.63) is 29.8 Å². The average Bonchev–Trinajstić information content (AvgIpc) is 2.84. The average molecular weight is 327 g/mol. The first-order valence-electron chi connectivity index (χ1n) is 7.26. The van der Waals surface area contributed by atoms with Crippen LogP contribution in [0.2, 0.25) is 0 Å². The molecule has 1 fully saturated rings. The second-order valence-corrected chi connectivity index (χ2v) is 6.39. The molecule has 7 heteroatoms. The third-order valence-electron chi connectivity index (χ3n) is 3.28. The van der Waals surface area contributed by atoms with Crippen molar-refractivity contribution in [2.45, 2.75) is 44.9 Å². The van der Waals surface area contributed by atoms with Crippen LogP contribution < -0.4 is 4.74 Å². The van der Waals surface area contributed by atoms with E-state index in [-0.39, 0.29) is 18.7 Å². The number of benzene rings is 1. The molecule has 1 aliphatic rings. The molecule has 1 aliphatic heterocycles. The van der Waals surface area contributed by atoms with Gasteiger partial charge in [-0.3, -0.25) is 4.90 Å². The highest BCUT2D eigenvalue weighted by Crippen LogP contribution is 2.25. The summed E-state index contributed by atoms with van der Waals surface area (Å²) in [6, 6.07) is 2.52. The maximum Gasteiger partial charge on any atom is 0.411 e. The molecule has 1 saturated heterocycles. The van der Waals surface area contributed by atoms with Gasteiger partial charge in [-0.1, -0.05) is 0 Å². The van der Waals surface area contributed by atoms with Gasteiger partial charge < -0.3 is 14.3 Å². The van der Waals surface area contributed by atoms with E-state index in [1.807, 2.05) is 0 Å². The highest BCUT2D eigenvalue weighted by atomic mass is 19.2. The molecular weight excluding hydrogens is 308 g/mol. The molecule has 0 N–H and O–H groups in total. The van der Waals surface area contributed by atoms with E-state index >= 15 is 0 Å². The lowest BCUT2D eigenvalue weighted by molar-refractivity contribution is -0.111. The Morgan fingerprint density at radius 1 is 1.30 bits per heavy atom. The number of ether oxygens (including phenoxy) is 2. The first-order chi connectivity index (χ1) is 10.7. The number of nitrogens with zero attached hydrogens (tertiary/aromatic N) is 1. The van der Waals surface area contributed by atoms with E-state index in [1.165, 1.54) is 11.0 Å². The zero-order valence-electron chi connectivity index (χ0n) is 13.2. The smallest absolute Gasteiger partial charge is 0.411 e. The van der Waals surface area contributed by atoms with Crippen molar-refractivity contribution in [3.8, 4) is 5.75 Å². The van der Waals surface area contributed by atoms with Crippen LogP contribution in [-0.2, 0) is 9.53 Å². The van der Waals surface area contributed by atoms with Crippen LogP contribution in [0.4, 0.5) is 13.6 Å². The van der Waals surface area contributed by atoms with Gasteiger partial charge in [-0.2, -0.15) is 0 Å². The maximum absolute atomic E-state index is 13.2. The number of carbonyl (C=O) groups is 2. The highest BCUT2D eigenvalue weighted by Gasteiger charge is 2.38. The van der Waals surface area contributed by atoms with E-state index in [0.29, 0.717) is 6.29 Å². The molecule has 0 saturated carbocycles. The van der Waals surface area contributed by atoms with Crippen LogP contribution in [0.3, 0.4) is 0 Å². The molecule has 2 rings (SSSR count). The van der Waals surface area contributed by atoms with E-state index in [2.05, 4.69) is 0 Å². The second-order valence-electron chi connectivity index (χ2n) is 6.39. The molecule has 0 bridgehead atoms. The fourth-order valence-electron chi connectivity index (χ4n) is 2.31. The molecule has 1 heterocycles. The summed E-state index contributed by atoms with van der Waals surface area (Å²) in [5, 5.41) is 0. The van der Waals surface area contributed by atoms with Crippen LogP contribution in [0.1, 0.15) is 27.2 Å². The zero-order valence-corrected chi connectivity index (χ0v) is 13.2. The summed E-state index contributed by atoms with van der Waals surface area (Å²) in [4.78, 5) is 24.6. The fourth-order valence-corrected chi connectivity index (χ4v) is 2.31. The molecule has 5 nitrogen and oxygen atoms in total. The second kappa shape index (κ2) is 6.52. The van der Waals surface area contributed by atoms with Crippen molar-refractivity contribution in [3.63, 3.8) is 0 Å². The Balaban J connectivity index is 2.04. The van der Waals surface area contributed by atoms with Crippen LogP contribution in [-0.4, -0.2) is 41.6 Å². The molecule has 23 heavy (non-hydrogen) atoms. The Hall–Kier alpha value is -2.18. The Kier molecular flexibility index (Phi) is 4.87. The standard InChI is InChI=1S/C16H19F2NO4/c1-16(2,3)23-15(21)19-8-12(6-10(19)9-20)22-11-4-5-13(17)14(18)7-11/h4-5,7,9-10,12H,6,8H2,1-3H3/t10-,12+/m0/s1. The SMILES string of the molecule is CC(C)(C)OC(=O)N1C[C@H](Oc2ccc(F)c(F)c2)C[C@H]1C=O. The summed E-state index contributed by atoms with van der Waals surface area (Å²) in [5.74, 6) is -1.84. The number of hydrogen-bond acceptors (Lipinski definition) is 4. The number of aldehydes is 1. The number of carbonyl (C=O) groups excluding carboxylic acids is 2. The molecule has 1 amide bonds. The predicted molar refractivity (Wildman–Crippen MR) is 78.2 cm³/mol. The summed E-state index contributed by atoms with van der Waals surface area (Å²) in [7, 11) is 0. The first-order valence-corrected chi connectivity index (χ1v) is 7.26. The Labute approximate surface area is 133 Å². The molecule has 0 aromatic heterocycles. The van der Waals surface area contributed by atoms with Crippen molar-refractivity contribution in [1.29, 1.82) is 0 Å². The first kappa shape index (κ1) is 17.2. The number of amides is 1. The normalized spacial score (nSPS) is 21.2. The molecule has 0 spiro atoms. The van der Waals surface area contributed by atoms with Crippen molar-refractivity contribution in [1.82, 2.24) is 4.90 Å². The van der Waals surface area contributed by atoms with Gasteiger partial charge in [0.05, 0.1) is 12.6 Å². The molecule has 0 unspecified atom stereocenters. The summed E-state index contributed by atoms with van der Waals surface area (Å²) >= 11 is 0. The van der Waals surface area contributed by atoms with Gasteiger partial charge in [-0.25, -0.2) is 13.6 Å². The van der Waals surface area contributed by atoms with E-state index in [9.17, 15) is 18.4 Å². The number of rotatable bonds is 3. The topological polar surface area (TPSA) is 55.8 Å². The van der Waals surface area contributed by atoms with Crippen molar-refractivity contribution < 1.29 is 27.8 Å². The molecule has 1 aromatic rings. The lowest BCUT2D eigenvalue weighted by Gasteiger charge is -2.26. The van der Waals surface area contributed by atoms with Gasteiger partial charge in [0.25, 0.3) is 0 Å². The molecular formula is C16H19F2NO4. The van der Waals surface area contributed by atoms with Gasteiger partial charge in [0.15, 0.2) is 11.6 Å². The lowest BCUT2D eigenvalue weighted by Crippen LogP contribution is -2.41. The zero-order chi connectivity index (χ0) is 17.2. The van der Waals surface area contributed by atoms with Gasteiger partial charge in [0, 0.05) is 12.5 Å². The summed E-state index contributed by atoms with van der Waals surface area (Å²) < 4.78 is 36.9. The lowest BCUT2D eigenvalue weighted by atomic mass is 10.2. The molecule has 2 atom stereocenters. The summed E-state index contributed by atoms with van der Waals surface area (Å²) in [5.41, 5.74) is -0.677. The van der Waals surface area contributed by atoms with Gasteiger partial charge in [0.2, 0.25) is 0 Å². The van der Waals surface area contributed by atoms with E-state index in [4.69, 9.17) is 9.47 Å². The quantitative estimate of drug-likeness (QED) is 0.801. The third kappa shape index (κ3) is 4.40. The number of likely N-dealkylation sites (tertiary alicyclic amines) is 1. The maximum atomic E-state index is 13.2. The van der Waals surface area contributed by atoms with Gasteiger partial charge in [-0.05, 0) is 32.9 Å². The minimum atomic E-state index is -1.02. The van der Waals surface area contributed by atoms with E-state index < -0.39 is 35.5 Å².